The smallest absolute Gasteiger partial charge is 0.106 e. The third kappa shape index (κ3) is 2.38. The fourth-order valence-corrected chi connectivity index (χ4v) is 2.86. The van der Waals surface area contributed by atoms with Gasteiger partial charge in [-0.3, -0.25) is 0 Å². The Morgan fingerprint density at radius 1 is 1.32 bits per heavy atom. The second kappa shape index (κ2) is 4.94. The van der Waals surface area contributed by atoms with E-state index in [0.29, 0.717) is 0 Å². The van der Waals surface area contributed by atoms with Crippen molar-refractivity contribution in [3.05, 3.63) is 29.6 Å². The maximum absolute atomic E-state index is 10.3. The molecule has 3 rings (SSSR count). The Morgan fingerprint density at radius 2 is 2.05 bits per heavy atom. The lowest BCUT2D eigenvalue weighted by Crippen LogP contribution is -2.25. The van der Waals surface area contributed by atoms with Gasteiger partial charge in [-0.05, 0) is 50.6 Å². The van der Waals surface area contributed by atoms with Crippen molar-refractivity contribution >= 4 is 11.0 Å². The van der Waals surface area contributed by atoms with Crippen LogP contribution in [-0.2, 0) is 7.05 Å². The van der Waals surface area contributed by atoms with Gasteiger partial charge in [-0.15, -0.1) is 0 Å². The number of likely N-dealkylation sites (tertiary alicyclic amines) is 1. The number of aromatic nitrogens is 2. The van der Waals surface area contributed by atoms with Crippen LogP contribution in [0.15, 0.2) is 18.2 Å². The molecule has 1 unspecified atom stereocenters. The van der Waals surface area contributed by atoms with Crippen LogP contribution in [0.1, 0.15) is 30.3 Å². The third-order valence-electron chi connectivity index (χ3n) is 4.14. The van der Waals surface area contributed by atoms with Crippen LogP contribution in [0.2, 0.25) is 0 Å². The number of hydrogen-bond acceptors (Lipinski definition) is 3. The molecule has 0 saturated carbocycles. The van der Waals surface area contributed by atoms with E-state index in [1.807, 2.05) is 26.1 Å². The van der Waals surface area contributed by atoms with Crippen LogP contribution in [0.3, 0.4) is 0 Å². The molecule has 2 aromatic rings. The monoisotopic (exact) mass is 259 g/mol. The molecule has 1 aliphatic rings. The summed E-state index contributed by atoms with van der Waals surface area (Å²) in [7, 11) is 2.02. The molecule has 4 heteroatoms. The SMILES string of the molecule is Cc1nc2cc(C(O)CN3CCCC3)ccc2n1C. The lowest BCUT2D eigenvalue weighted by Gasteiger charge is -2.19. The highest BCUT2D eigenvalue weighted by molar-refractivity contribution is 5.76. The number of hydrogen-bond donors (Lipinski definition) is 1. The second-order valence-corrected chi connectivity index (χ2v) is 5.49. The van der Waals surface area contributed by atoms with E-state index in [2.05, 4.69) is 20.5 Å². The van der Waals surface area contributed by atoms with E-state index in [0.717, 1.165) is 42.1 Å². The number of fused-ring (bicyclic) bond motifs is 1. The fraction of sp³-hybridized carbons (Fsp3) is 0.533. The summed E-state index contributed by atoms with van der Waals surface area (Å²) >= 11 is 0. The number of nitrogens with zero attached hydrogens (tertiary/aromatic N) is 3. The number of rotatable bonds is 3. The summed E-state index contributed by atoms with van der Waals surface area (Å²) in [6, 6.07) is 6.09. The van der Waals surface area contributed by atoms with Gasteiger partial charge in [0.15, 0.2) is 0 Å². The number of imidazole rings is 1. The molecule has 19 heavy (non-hydrogen) atoms. The van der Waals surface area contributed by atoms with Crippen LogP contribution in [0.4, 0.5) is 0 Å². The van der Waals surface area contributed by atoms with Gasteiger partial charge in [-0.25, -0.2) is 4.98 Å². The summed E-state index contributed by atoms with van der Waals surface area (Å²) in [6.45, 7) is 4.96. The minimum Gasteiger partial charge on any atom is -0.387 e. The molecule has 1 aromatic carbocycles. The van der Waals surface area contributed by atoms with E-state index in [1.165, 1.54) is 12.8 Å². The molecule has 0 bridgehead atoms. The topological polar surface area (TPSA) is 41.3 Å². The van der Waals surface area contributed by atoms with E-state index in [1.54, 1.807) is 0 Å². The van der Waals surface area contributed by atoms with Crippen molar-refractivity contribution in [2.24, 2.45) is 7.05 Å². The maximum atomic E-state index is 10.3. The zero-order valence-corrected chi connectivity index (χ0v) is 11.6. The maximum Gasteiger partial charge on any atom is 0.106 e. The molecule has 0 radical (unpaired) electrons. The second-order valence-electron chi connectivity index (χ2n) is 5.49. The van der Waals surface area contributed by atoms with Crippen LogP contribution in [0.5, 0.6) is 0 Å². The van der Waals surface area contributed by atoms with Crippen molar-refractivity contribution in [3.8, 4) is 0 Å². The summed E-state index contributed by atoms with van der Waals surface area (Å²) in [4.78, 5) is 6.86. The molecule has 2 heterocycles. The molecular weight excluding hydrogens is 238 g/mol. The standard InChI is InChI=1S/C15H21N3O/c1-11-16-13-9-12(5-6-14(13)17(11)2)15(19)10-18-7-3-4-8-18/h5-6,9,15,19H,3-4,7-8,10H2,1-2H3. The molecule has 1 N–H and O–H groups in total. The van der Waals surface area contributed by atoms with Gasteiger partial charge in [0.05, 0.1) is 17.1 Å². The highest BCUT2D eigenvalue weighted by Crippen LogP contribution is 2.22. The van der Waals surface area contributed by atoms with Gasteiger partial charge in [-0.1, -0.05) is 6.07 Å². The number of β-amino-alcohol motifs (C(OH)–C–C–N with tert-alkyl or cyclic N) is 1. The first-order valence-corrected chi connectivity index (χ1v) is 6.98. The molecular formula is C15H21N3O. The predicted octanol–water partition coefficient (Wildman–Crippen LogP) is 2.01. The number of aryl methyl sites for hydroxylation is 2. The molecule has 1 saturated heterocycles. The molecule has 1 fully saturated rings. The Labute approximate surface area is 113 Å². The van der Waals surface area contributed by atoms with Gasteiger partial charge in [0.25, 0.3) is 0 Å². The first kappa shape index (κ1) is 12.6. The summed E-state index contributed by atoms with van der Waals surface area (Å²) < 4.78 is 2.08. The van der Waals surface area contributed by atoms with Gasteiger partial charge in [0.1, 0.15) is 5.82 Å². The largest absolute Gasteiger partial charge is 0.387 e. The van der Waals surface area contributed by atoms with E-state index in [9.17, 15) is 5.11 Å². The zero-order chi connectivity index (χ0) is 13.4. The van der Waals surface area contributed by atoms with Gasteiger partial charge in [0.2, 0.25) is 0 Å². The molecule has 1 atom stereocenters. The molecule has 0 amide bonds. The summed E-state index contributed by atoms with van der Waals surface area (Å²) in [5.41, 5.74) is 3.06. The average Bonchev–Trinajstić information content (AvgIpc) is 2.99. The Morgan fingerprint density at radius 3 is 2.79 bits per heavy atom. The minimum absolute atomic E-state index is 0.412. The van der Waals surface area contributed by atoms with E-state index < -0.39 is 6.10 Å². The normalized spacial score (nSPS) is 18.3. The Hall–Kier alpha value is -1.39. The highest BCUT2D eigenvalue weighted by atomic mass is 16.3. The van der Waals surface area contributed by atoms with Crippen LogP contribution >= 0.6 is 0 Å². The molecule has 1 aromatic heterocycles. The molecule has 4 nitrogen and oxygen atoms in total. The van der Waals surface area contributed by atoms with Crippen LogP contribution in [0, 0.1) is 6.92 Å². The average molecular weight is 259 g/mol. The van der Waals surface area contributed by atoms with Gasteiger partial charge in [-0.2, -0.15) is 0 Å². The lowest BCUT2D eigenvalue weighted by molar-refractivity contribution is 0.126. The van der Waals surface area contributed by atoms with Crippen molar-refractivity contribution in [1.82, 2.24) is 14.5 Å². The van der Waals surface area contributed by atoms with Crippen molar-refractivity contribution in [2.75, 3.05) is 19.6 Å². The van der Waals surface area contributed by atoms with Gasteiger partial charge >= 0.3 is 0 Å². The first-order chi connectivity index (χ1) is 9.15. The lowest BCUT2D eigenvalue weighted by atomic mass is 10.1. The molecule has 0 spiro atoms. The van der Waals surface area contributed by atoms with Gasteiger partial charge < -0.3 is 14.6 Å². The number of aliphatic hydroxyl groups excluding tert-OH is 1. The quantitative estimate of drug-likeness (QED) is 0.916. The van der Waals surface area contributed by atoms with Crippen molar-refractivity contribution in [3.63, 3.8) is 0 Å². The highest BCUT2D eigenvalue weighted by Gasteiger charge is 2.17. The Kier molecular flexibility index (Phi) is 3.29. The van der Waals surface area contributed by atoms with Crippen molar-refractivity contribution in [2.45, 2.75) is 25.9 Å². The van der Waals surface area contributed by atoms with Crippen LogP contribution in [-0.4, -0.2) is 39.2 Å². The zero-order valence-electron chi connectivity index (χ0n) is 11.6. The fourth-order valence-electron chi connectivity index (χ4n) is 2.86. The summed E-state index contributed by atoms with van der Waals surface area (Å²) in [5, 5.41) is 10.3. The van der Waals surface area contributed by atoms with Gasteiger partial charge in [0, 0.05) is 13.6 Å². The summed E-state index contributed by atoms with van der Waals surface area (Å²) in [5.74, 6) is 1.00. The van der Waals surface area contributed by atoms with Crippen LogP contribution in [0.25, 0.3) is 11.0 Å². The Bertz CT molecular complexity index is 584. The van der Waals surface area contributed by atoms with E-state index >= 15 is 0 Å². The summed E-state index contributed by atoms with van der Waals surface area (Å²) in [6.07, 6.45) is 2.10. The van der Waals surface area contributed by atoms with Crippen molar-refractivity contribution in [1.29, 1.82) is 0 Å². The predicted molar refractivity (Wildman–Crippen MR) is 76.1 cm³/mol. The van der Waals surface area contributed by atoms with E-state index in [-0.39, 0.29) is 0 Å². The number of benzene rings is 1. The Balaban J connectivity index is 1.83. The van der Waals surface area contributed by atoms with Crippen molar-refractivity contribution < 1.29 is 5.11 Å². The third-order valence-corrected chi connectivity index (χ3v) is 4.14. The van der Waals surface area contributed by atoms with E-state index in [4.69, 9.17) is 0 Å². The molecule has 1 aliphatic heterocycles. The minimum atomic E-state index is -0.412. The number of aliphatic hydroxyl groups is 1. The molecule has 102 valence electrons. The molecule has 0 aliphatic carbocycles. The van der Waals surface area contributed by atoms with Crippen LogP contribution < -0.4 is 0 Å². The first-order valence-electron chi connectivity index (χ1n) is 6.98.